The second-order valence-electron chi connectivity index (χ2n) is 4.30. The van der Waals surface area contributed by atoms with Crippen LogP contribution in [0.15, 0.2) is 23.1 Å². The van der Waals surface area contributed by atoms with Crippen LogP contribution in [0.1, 0.15) is 18.4 Å². The first-order chi connectivity index (χ1) is 8.40. The standard InChI is InChI=1S/C11H13FN2O2S2/c12-10-4-3-8(5-9(10)11(13)17)18(15,16)14-6-7-1-2-7/h3-5,7,14H,1-2,6H2,(H2,13,17). The maximum absolute atomic E-state index is 13.3. The summed E-state index contributed by atoms with van der Waals surface area (Å²) >= 11 is 4.67. The highest BCUT2D eigenvalue weighted by Crippen LogP contribution is 2.28. The lowest BCUT2D eigenvalue weighted by molar-refractivity contribution is 0.576. The molecular formula is C11H13FN2O2S2. The van der Waals surface area contributed by atoms with Crippen LogP contribution in [-0.4, -0.2) is 20.0 Å². The number of thiocarbonyl (C=S) groups is 1. The van der Waals surface area contributed by atoms with E-state index in [1.165, 1.54) is 6.07 Å². The minimum absolute atomic E-state index is 0.0210. The number of nitrogens with one attached hydrogen (secondary N) is 1. The first-order valence-electron chi connectivity index (χ1n) is 5.49. The minimum Gasteiger partial charge on any atom is -0.389 e. The molecule has 1 saturated carbocycles. The second-order valence-corrected chi connectivity index (χ2v) is 6.51. The van der Waals surface area contributed by atoms with Gasteiger partial charge in [0.05, 0.1) is 4.90 Å². The Labute approximate surface area is 110 Å². The summed E-state index contributed by atoms with van der Waals surface area (Å²) < 4.78 is 39.7. The van der Waals surface area contributed by atoms with Gasteiger partial charge in [0.25, 0.3) is 0 Å². The molecule has 0 radical (unpaired) electrons. The van der Waals surface area contributed by atoms with Gasteiger partial charge in [0, 0.05) is 12.1 Å². The summed E-state index contributed by atoms with van der Waals surface area (Å²) in [5.74, 6) is -0.195. The summed E-state index contributed by atoms with van der Waals surface area (Å²) in [5, 5.41) is 0. The zero-order valence-electron chi connectivity index (χ0n) is 9.52. The lowest BCUT2D eigenvalue weighted by atomic mass is 10.2. The van der Waals surface area contributed by atoms with E-state index in [4.69, 9.17) is 5.73 Å². The fraction of sp³-hybridized carbons (Fsp3) is 0.364. The lowest BCUT2D eigenvalue weighted by Crippen LogP contribution is -2.26. The van der Waals surface area contributed by atoms with Gasteiger partial charge in [-0.25, -0.2) is 17.5 Å². The number of hydrogen-bond acceptors (Lipinski definition) is 3. The fourth-order valence-electron chi connectivity index (χ4n) is 1.49. The Morgan fingerprint density at radius 3 is 2.72 bits per heavy atom. The van der Waals surface area contributed by atoms with Crippen molar-refractivity contribution in [3.8, 4) is 0 Å². The van der Waals surface area contributed by atoms with Crippen molar-refractivity contribution in [2.45, 2.75) is 17.7 Å². The van der Waals surface area contributed by atoms with Gasteiger partial charge in [-0.3, -0.25) is 0 Å². The van der Waals surface area contributed by atoms with Gasteiger partial charge in [-0.15, -0.1) is 0 Å². The third kappa shape index (κ3) is 3.04. The molecule has 1 aromatic carbocycles. The monoisotopic (exact) mass is 288 g/mol. The molecule has 0 amide bonds. The molecule has 4 nitrogen and oxygen atoms in total. The summed E-state index contributed by atoms with van der Waals surface area (Å²) in [5.41, 5.74) is 5.28. The summed E-state index contributed by atoms with van der Waals surface area (Å²) in [6.07, 6.45) is 2.09. The Balaban J connectivity index is 2.25. The van der Waals surface area contributed by atoms with Crippen molar-refractivity contribution < 1.29 is 12.8 Å². The Hall–Kier alpha value is -1.05. The largest absolute Gasteiger partial charge is 0.389 e. The van der Waals surface area contributed by atoms with E-state index in [1.807, 2.05) is 0 Å². The van der Waals surface area contributed by atoms with Gasteiger partial charge in [0.2, 0.25) is 10.0 Å². The van der Waals surface area contributed by atoms with Gasteiger partial charge in [-0.2, -0.15) is 0 Å². The van der Waals surface area contributed by atoms with E-state index in [0.717, 1.165) is 25.0 Å². The molecule has 0 spiro atoms. The van der Waals surface area contributed by atoms with Gasteiger partial charge in [0.1, 0.15) is 10.8 Å². The van der Waals surface area contributed by atoms with Crippen molar-refractivity contribution in [3.05, 3.63) is 29.6 Å². The number of halogens is 1. The van der Waals surface area contributed by atoms with Crippen molar-refractivity contribution in [1.82, 2.24) is 4.72 Å². The molecule has 3 N–H and O–H groups in total. The van der Waals surface area contributed by atoms with Crippen LogP contribution in [0.5, 0.6) is 0 Å². The van der Waals surface area contributed by atoms with E-state index < -0.39 is 15.8 Å². The lowest BCUT2D eigenvalue weighted by Gasteiger charge is -2.08. The third-order valence-electron chi connectivity index (χ3n) is 2.77. The third-order valence-corrected chi connectivity index (χ3v) is 4.41. The molecule has 1 aliphatic carbocycles. The second kappa shape index (κ2) is 4.91. The van der Waals surface area contributed by atoms with E-state index in [-0.39, 0.29) is 15.4 Å². The average molecular weight is 288 g/mol. The molecule has 0 saturated heterocycles. The molecule has 2 rings (SSSR count). The Morgan fingerprint density at radius 1 is 1.50 bits per heavy atom. The van der Waals surface area contributed by atoms with E-state index in [0.29, 0.717) is 12.5 Å². The quantitative estimate of drug-likeness (QED) is 0.797. The van der Waals surface area contributed by atoms with Crippen LogP contribution >= 0.6 is 12.2 Å². The molecular weight excluding hydrogens is 275 g/mol. The van der Waals surface area contributed by atoms with Crippen LogP contribution < -0.4 is 10.5 Å². The highest BCUT2D eigenvalue weighted by molar-refractivity contribution is 7.89. The molecule has 1 aliphatic rings. The van der Waals surface area contributed by atoms with Crippen molar-refractivity contribution in [2.24, 2.45) is 11.7 Å². The number of benzene rings is 1. The molecule has 18 heavy (non-hydrogen) atoms. The summed E-state index contributed by atoms with van der Waals surface area (Å²) in [7, 11) is -3.62. The van der Waals surface area contributed by atoms with E-state index in [2.05, 4.69) is 16.9 Å². The van der Waals surface area contributed by atoms with Crippen LogP contribution in [0.4, 0.5) is 4.39 Å². The van der Waals surface area contributed by atoms with E-state index in [9.17, 15) is 12.8 Å². The summed E-state index contributed by atoms with van der Waals surface area (Å²) in [4.78, 5) is -0.181. The van der Waals surface area contributed by atoms with Crippen molar-refractivity contribution in [1.29, 1.82) is 0 Å². The SMILES string of the molecule is NC(=S)c1cc(S(=O)(=O)NCC2CC2)ccc1F. The van der Waals surface area contributed by atoms with Crippen LogP contribution in [0.2, 0.25) is 0 Å². The predicted octanol–water partition coefficient (Wildman–Crippen LogP) is 1.15. The Bertz CT molecular complexity index is 583. The van der Waals surface area contributed by atoms with Gasteiger partial charge >= 0.3 is 0 Å². The number of sulfonamides is 1. The zero-order chi connectivity index (χ0) is 13.3. The van der Waals surface area contributed by atoms with E-state index in [1.54, 1.807) is 0 Å². The summed E-state index contributed by atoms with van der Waals surface area (Å²) in [6.45, 7) is 0.419. The van der Waals surface area contributed by atoms with Gasteiger partial charge < -0.3 is 5.73 Å². The highest BCUT2D eigenvalue weighted by atomic mass is 32.2. The zero-order valence-corrected chi connectivity index (χ0v) is 11.2. The van der Waals surface area contributed by atoms with Crippen molar-refractivity contribution >= 4 is 27.2 Å². The first kappa shape index (κ1) is 13.4. The molecule has 0 aliphatic heterocycles. The molecule has 98 valence electrons. The van der Waals surface area contributed by atoms with E-state index >= 15 is 0 Å². The molecule has 7 heteroatoms. The van der Waals surface area contributed by atoms with Crippen LogP contribution in [0.3, 0.4) is 0 Å². The number of nitrogens with two attached hydrogens (primary N) is 1. The van der Waals surface area contributed by atoms with Gasteiger partial charge in [-0.1, -0.05) is 12.2 Å². The Morgan fingerprint density at radius 2 is 2.17 bits per heavy atom. The van der Waals surface area contributed by atoms with Crippen LogP contribution in [0, 0.1) is 11.7 Å². The smallest absolute Gasteiger partial charge is 0.240 e. The molecule has 0 heterocycles. The van der Waals surface area contributed by atoms with Crippen LogP contribution in [-0.2, 0) is 10.0 Å². The fourth-order valence-corrected chi connectivity index (χ4v) is 2.79. The number of rotatable bonds is 5. The molecule has 0 bridgehead atoms. The maximum atomic E-state index is 13.3. The minimum atomic E-state index is -3.62. The first-order valence-corrected chi connectivity index (χ1v) is 7.38. The topological polar surface area (TPSA) is 72.2 Å². The molecule has 0 aromatic heterocycles. The Kier molecular flexibility index (Phi) is 3.65. The highest BCUT2D eigenvalue weighted by Gasteiger charge is 2.24. The van der Waals surface area contributed by atoms with Crippen molar-refractivity contribution in [3.63, 3.8) is 0 Å². The molecule has 1 fully saturated rings. The maximum Gasteiger partial charge on any atom is 0.240 e. The van der Waals surface area contributed by atoms with Gasteiger partial charge in [-0.05, 0) is 37.0 Å². The van der Waals surface area contributed by atoms with Crippen molar-refractivity contribution in [2.75, 3.05) is 6.54 Å². The summed E-state index contributed by atoms with van der Waals surface area (Å²) in [6, 6.07) is 3.42. The molecule has 0 atom stereocenters. The number of hydrogen-bond donors (Lipinski definition) is 2. The average Bonchev–Trinajstić information content (AvgIpc) is 3.10. The van der Waals surface area contributed by atoms with Crippen LogP contribution in [0.25, 0.3) is 0 Å². The predicted molar refractivity (Wildman–Crippen MR) is 70.2 cm³/mol. The van der Waals surface area contributed by atoms with Gasteiger partial charge in [0.15, 0.2) is 0 Å². The molecule has 0 unspecified atom stereocenters. The normalized spacial score (nSPS) is 15.6. The molecule has 1 aromatic rings.